The molecule has 0 fully saturated rings. The fraction of sp³-hybridized carbons (Fsp3) is 0.143. The van der Waals surface area contributed by atoms with Crippen molar-refractivity contribution < 1.29 is 4.92 Å². The second kappa shape index (κ2) is 6.76. The van der Waals surface area contributed by atoms with Crippen LogP contribution in [0, 0.1) is 10.1 Å². The van der Waals surface area contributed by atoms with Crippen LogP contribution in [-0.2, 0) is 6.54 Å². The standard InChI is InChI=1S/C14H13BrN2O2S/c1-20-13-4-2-3-11(7-13)16-9-10-5-6-12(17(18)19)8-14(10)15/h2-8,16H,9H2,1H3. The first kappa shape index (κ1) is 14.9. The molecule has 0 saturated heterocycles. The second-order valence-corrected chi connectivity index (χ2v) is 5.85. The average Bonchev–Trinajstić information content (AvgIpc) is 2.46. The normalized spacial score (nSPS) is 10.3. The number of nitrogens with zero attached hydrogens (tertiary/aromatic N) is 1. The maximum absolute atomic E-state index is 10.7. The van der Waals surface area contributed by atoms with Gasteiger partial charge in [0, 0.05) is 33.7 Å². The van der Waals surface area contributed by atoms with Gasteiger partial charge in [0.2, 0.25) is 0 Å². The Morgan fingerprint density at radius 3 is 2.75 bits per heavy atom. The molecule has 20 heavy (non-hydrogen) atoms. The van der Waals surface area contributed by atoms with Crippen molar-refractivity contribution in [3.63, 3.8) is 0 Å². The molecule has 0 aromatic heterocycles. The van der Waals surface area contributed by atoms with Gasteiger partial charge in [-0.2, -0.15) is 0 Å². The number of halogens is 1. The number of nitro benzene ring substituents is 1. The van der Waals surface area contributed by atoms with Crippen molar-refractivity contribution in [1.29, 1.82) is 0 Å². The monoisotopic (exact) mass is 352 g/mol. The van der Waals surface area contributed by atoms with E-state index in [0.717, 1.165) is 15.7 Å². The number of thioether (sulfide) groups is 1. The summed E-state index contributed by atoms with van der Waals surface area (Å²) in [7, 11) is 0. The van der Waals surface area contributed by atoms with Crippen molar-refractivity contribution in [2.75, 3.05) is 11.6 Å². The quantitative estimate of drug-likeness (QED) is 0.481. The summed E-state index contributed by atoms with van der Waals surface area (Å²) < 4.78 is 0.736. The van der Waals surface area contributed by atoms with E-state index in [4.69, 9.17) is 0 Å². The lowest BCUT2D eigenvalue weighted by Crippen LogP contribution is -2.00. The summed E-state index contributed by atoms with van der Waals surface area (Å²) in [6.07, 6.45) is 2.03. The zero-order valence-corrected chi connectivity index (χ0v) is 13.2. The summed E-state index contributed by atoms with van der Waals surface area (Å²) in [5.74, 6) is 0. The van der Waals surface area contributed by atoms with Gasteiger partial charge in [-0.3, -0.25) is 10.1 Å². The van der Waals surface area contributed by atoms with Gasteiger partial charge < -0.3 is 5.32 Å². The van der Waals surface area contributed by atoms with Crippen molar-refractivity contribution in [1.82, 2.24) is 0 Å². The Hall–Kier alpha value is -1.53. The third kappa shape index (κ3) is 3.74. The summed E-state index contributed by atoms with van der Waals surface area (Å²) in [4.78, 5) is 11.5. The Bertz CT molecular complexity index is 634. The highest BCUT2D eigenvalue weighted by Gasteiger charge is 2.08. The van der Waals surface area contributed by atoms with Crippen LogP contribution in [0.4, 0.5) is 11.4 Å². The average molecular weight is 353 g/mol. The van der Waals surface area contributed by atoms with Gasteiger partial charge in [0.15, 0.2) is 0 Å². The lowest BCUT2D eigenvalue weighted by molar-refractivity contribution is -0.384. The highest BCUT2D eigenvalue weighted by molar-refractivity contribution is 9.10. The third-order valence-electron chi connectivity index (χ3n) is 2.80. The maximum atomic E-state index is 10.7. The van der Waals surface area contributed by atoms with Gasteiger partial charge in [-0.15, -0.1) is 11.8 Å². The van der Waals surface area contributed by atoms with Gasteiger partial charge in [-0.05, 0) is 36.1 Å². The molecule has 0 saturated carbocycles. The van der Waals surface area contributed by atoms with E-state index in [0.29, 0.717) is 6.54 Å². The molecule has 0 bridgehead atoms. The van der Waals surface area contributed by atoms with E-state index in [9.17, 15) is 10.1 Å². The Labute approximate surface area is 129 Å². The molecule has 0 amide bonds. The number of nitro groups is 1. The largest absolute Gasteiger partial charge is 0.381 e. The first-order chi connectivity index (χ1) is 9.60. The maximum Gasteiger partial charge on any atom is 0.270 e. The van der Waals surface area contributed by atoms with Crippen LogP contribution in [0.2, 0.25) is 0 Å². The van der Waals surface area contributed by atoms with Crippen LogP contribution in [0.3, 0.4) is 0 Å². The molecule has 0 spiro atoms. The molecule has 0 aliphatic rings. The minimum atomic E-state index is -0.399. The first-order valence-electron chi connectivity index (χ1n) is 5.91. The lowest BCUT2D eigenvalue weighted by Gasteiger charge is -2.09. The van der Waals surface area contributed by atoms with E-state index in [1.54, 1.807) is 17.8 Å². The molecule has 104 valence electrons. The van der Waals surface area contributed by atoms with Gasteiger partial charge in [0.1, 0.15) is 0 Å². The molecule has 6 heteroatoms. The predicted molar refractivity (Wildman–Crippen MR) is 86.3 cm³/mol. The molecular weight excluding hydrogens is 340 g/mol. The number of hydrogen-bond acceptors (Lipinski definition) is 4. The van der Waals surface area contributed by atoms with E-state index in [1.165, 1.54) is 17.0 Å². The Kier molecular flexibility index (Phi) is 5.03. The van der Waals surface area contributed by atoms with Gasteiger partial charge in [0.05, 0.1) is 4.92 Å². The topological polar surface area (TPSA) is 55.2 Å². The van der Waals surface area contributed by atoms with Crippen LogP contribution < -0.4 is 5.32 Å². The van der Waals surface area contributed by atoms with Crippen LogP contribution in [0.5, 0.6) is 0 Å². The van der Waals surface area contributed by atoms with Crippen LogP contribution in [-0.4, -0.2) is 11.2 Å². The van der Waals surface area contributed by atoms with Crippen molar-refractivity contribution in [2.45, 2.75) is 11.4 Å². The summed E-state index contributed by atoms with van der Waals surface area (Å²) in [5, 5.41) is 14.0. The molecule has 0 atom stereocenters. The van der Waals surface area contributed by atoms with Crippen LogP contribution in [0.15, 0.2) is 51.8 Å². The van der Waals surface area contributed by atoms with E-state index >= 15 is 0 Å². The van der Waals surface area contributed by atoms with Gasteiger partial charge in [-0.25, -0.2) is 0 Å². The Balaban J connectivity index is 2.08. The molecule has 2 aromatic rings. The van der Waals surface area contributed by atoms with Crippen molar-refractivity contribution in [2.24, 2.45) is 0 Å². The highest BCUT2D eigenvalue weighted by atomic mass is 79.9. The number of rotatable bonds is 5. The molecule has 0 unspecified atom stereocenters. The molecule has 0 heterocycles. The minimum absolute atomic E-state index is 0.0880. The Morgan fingerprint density at radius 1 is 1.30 bits per heavy atom. The zero-order chi connectivity index (χ0) is 14.5. The predicted octanol–water partition coefficient (Wildman–Crippen LogP) is 4.69. The number of anilines is 1. The number of hydrogen-bond donors (Lipinski definition) is 1. The number of nitrogens with one attached hydrogen (secondary N) is 1. The summed E-state index contributed by atoms with van der Waals surface area (Å²) in [5.41, 5.74) is 2.09. The van der Waals surface area contributed by atoms with Gasteiger partial charge >= 0.3 is 0 Å². The molecule has 1 N–H and O–H groups in total. The molecule has 0 aliphatic heterocycles. The van der Waals surface area contributed by atoms with Crippen LogP contribution >= 0.6 is 27.7 Å². The smallest absolute Gasteiger partial charge is 0.270 e. The third-order valence-corrected chi connectivity index (χ3v) is 4.26. The van der Waals surface area contributed by atoms with E-state index in [1.807, 2.05) is 18.4 Å². The first-order valence-corrected chi connectivity index (χ1v) is 7.92. The van der Waals surface area contributed by atoms with Crippen molar-refractivity contribution >= 4 is 39.1 Å². The van der Waals surface area contributed by atoms with Gasteiger partial charge in [-0.1, -0.05) is 22.0 Å². The van der Waals surface area contributed by atoms with Gasteiger partial charge in [0.25, 0.3) is 5.69 Å². The highest BCUT2D eigenvalue weighted by Crippen LogP contribution is 2.24. The fourth-order valence-corrected chi connectivity index (χ4v) is 2.69. The van der Waals surface area contributed by atoms with Crippen LogP contribution in [0.25, 0.3) is 0 Å². The minimum Gasteiger partial charge on any atom is -0.381 e. The lowest BCUT2D eigenvalue weighted by atomic mass is 10.2. The van der Waals surface area contributed by atoms with Crippen molar-refractivity contribution in [3.05, 3.63) is 62.6 Å². The SMILES string of the molecule is CSc1cccc(NCc2ccc([N+](=O)[O-])cc2Br)c1. The van der Waals surface area contributed by atoms with E-state index in [2.05, 4.69) is 33.4 Å². The molecular formula is C14H13BrN2O2S. The molecule has 0 aliphatic carbocycles. The summed E-state index contributed by atoms with van der Waals surface area (Å²) >= 11 is 5.06. The second-order valence-electron chi connectivity index (χ2n) is 4.12. The van der Waals surface area contributed by atoms with Crippen molar-refractivity contribution in [3.8, 4) is 0 Å². The molecule has 2 rings (SSSR count). The van der Waals surface area contributed by atoms with E-state index < -0.39 is 4.92 Å². The molecule has 2 aromatic carbocycles. The zero-order valence-electron chi connectivity index (χ0n) is 10.8. The van der Waals surface area contributed by atoms with E-state index in [-0.39, 0.29) is 5.69 Å². The Morgan fingerprint density at radius 2 is 2.10 bits per heavy atom. The number of non-ortho nitro benzene ring substituents is 1. The fourth-order valence-electron chi connectivity index (χ4n) is 1.72. The van der Waals surface area contributed by atoms with Crippen LogP contribution in [0.1, 0.15) is 5.56 Å². The number of benzene rings is 2. The summed E-state index contributed by atoms with van der Waals surface area (Å²) in [6.45, 7) is 0.608. The molecule has 0 radical (unpaired) electrons. The summed E-state index contributed by atoms with van der Waals surface area (Å²) in [6, 6.07) is 12.9. The molecule has 4 nitrogen and oxygen atoms in total.